The van der Waals surface area contributed by atoms with Crippen molar-refractivity contribution in [3.63, 3.8) is 0 Å². The summed E-state index contributed by atoms with van der Waals surface area (Å²) in [7, 11) is 1.61. The number of rotatable bonds is 8. The predicted molar refractivity (Wildman–Crippen MR) is 148 cm³/mol. The Morgan fingerprint density at radius 2 is 2.00 bits per heavy atom. The van der Waals surface area contributed by atoms with Crippen molar-refractivity contribution >= 4 is 11.8 Å². The van der Waals surface area contributed by atoms with Gasteiger partial charge in [0.15, 0.2) is 0 Å². The standard InChI is InChI=1S/C29H42FN5O4/c1-3-20-11-22(17-32-16-20)18-33-19-27(36)25-14-21-12-23(30)15-24(13-21)39-10-6-4-5-7-28(37)35(2)26(8-9-31)29(38)34-25/h11-13,15-17,25-27,33,36H,3-10,14,18-19,31H2,1-2H3,(H,34,38)/t25-,26?,27+/m0/s1. The molecule has 0 fully saturated rings. The smallest absolute Gasteiger partial charge is 0.243 e. The van der Waals surface area contributed by atoms with E-state index in [1.807, 2.05) is 6.20 Å². The zero-order valence-corrected chi connectivity index (χ0v) is 23.0. The number of likely N-dealkylation sites (N-methyl/N-ethyl adjacent to an activating group) is 1. The maximum absolute atomic E-state index is 14.4. The lowest BCUT2D eigenvalue weighted by atomic mass is 9.99. The number of carbonyl (C=O) groups is 2. The molecule has 39 heavy (non-hydrogen) atoms. The molecule has 5 N–H and O–H groups in total. The summed E-state index contributed by atoms with van der Waals surface area (Å²) in [5.74, 6) is -0.586. The Morgan fingerprint density at radius 1 is 1.21 bits per heavy atom. The molecule has 0 radical (unpaired) electrons. The number of aliphatic hydroxyl groups excluding tert-OH is 1. The summed E-state index contributed by atoms with van der Waals surface area (Å²) in [6, 6.07) is 4.97. The lowest BCUT2D eigenvalue weighted by Gasteiger charge is -2.31. The summed E-state index contributed by atoms with van der Waals surface area (Å²) in [6.45, 7) is 3.35. The van der Waals surface area contributed by atoms with Crippen LogP contribution < -0.4 is 21.1 Å². The quantitative estimate of drug-likeness (QED) is 0.401. The van der Waals surface area contributed by atoms with Crippen molar-refractivity contribution in [3.05, 3.63) is 59.2 Å². The van der Waals surface area contributed by atoms with E-state index < -0.39 is 29.9 Å². The highest BCUT2D eigenvalue weighted by Gasteiger charge is 2.30. The number of nitrogens with one attached hydrogen (secondary N) is 2. The number of aryl methyl sites for hydroxylation is 1. The number of fused-ring (bicyclic) bond motifs is 2. The average molecular weight is 544 g/mol. The van der Waals surface area contributed by atoms with E-state index in [4.69, 9.17) is 10.5 Å². The van der Waals surface area contributed by atoms with Gasteiger partial charge in [0.2, 0.25) is 11.8 Å². The number of nitrogens with zero attached hydrogens (tertiary/aromatic N) is 2. The number of ether oxygens (including phenoxy) is 1. The minimum atomic E-state index is -0.998. The molecular weight excluding hydrogens is 501 g/mol. The van der Waals surface area contributed by atoms with E-state index in [1.165, 1.54) is 17.0 Å². The van der Waals surface area contributed by atoms with Crippen molar-refractivity contribution in [1.82, 2.24) is 20.5 Å². The van der Waals surface area contributed by atoms with Crippen LogP contribution in [0.2, 0.25) is 0 Å². The van der Waals surface area contributed by atoms with Crippen LogP contribution in [0, 0.1) is 5.82 Å². The second-order valence-corrected chi connectivity index (χ2v) is 10.1. The number of pyridine rings is 1. The molecule has 1 aromatic heterocycles. The Balaban J connectivity index is 1.81. The van der Waals surface area contributed by atoms with Gasteiger partial charge in [-0.15, -0.1) is 0 Å². The Bertz CT molecular complexity index is 1090. The minimum absolute atomic E-state index is 0.134. The van der Waals surface area contributed by atoms with Crippen LogP contribution in [0.3, 0.4) is 0 Å². The molecule has 2 bridgehead atoms. The van der Waals surface area contributed by atoms with Crippen molar-refractivity contribution in [2.24, 2.45) is 5.73 Å². The summed E-state index contributed by atoms with van der Waals surface area (Å²) < 4.78 is 20.2. The molecule has 2 heterocycles. The van der Waals surface area contributed by atoms with E-state index in [1.54, 1.807) is 19.3 Å². The van der Waals surface area contributed by atoms with E-state index in [0.29, 0.717) is 37.3 Å². The van der Waals surface area contributed by atoms with E-state index >= 15 is 0 Å². The molecule has 1 aliphatic rings. The van der Waals surface area contributed by atoms with Crippen molar-refractivity contribution < 1.29 is 23.8 Å². The van der Waals surface area contributed by atoms with Crippen LogP contribution in [0.15, 0.2) is 36.7 Å². The molecule has 1 aliphatic heterocycles. The average Bonchev–Trinajstić information content (AvgIpc) is 2.92. The van der Waals surface area contributed by atoms with Crippen LogP contribution in [0.25, 0.3) is 0 Å². The van der Waals surface area contributed by atoms with Crippen molar-refractivity contribution in [2.75, 3.05) is 26.7 Å². The molecule has 1 unspecified atom stereocenters. The van der Waals surface area contributed by atoms with Crippen LogP contribution >= 0.6 is 0 Å². The molecule has 0 saturated carbocycles. The van der Waals surface area contributed by atoms with E-state index in [0.717, 1.165) is 30.4 Å². The lowest BCUT2D eigenvalue weighted by molar-refractivity contribution is -0.139. The van der Waals surface area contributed by atoms with Crippen LogP contribution in [-0.2, 0) is 29.0 Å². The molecule has 3 atom stereocenters. The number of carbonyl (C=O) groups excluding carboxylic acids is 2. The third-order valence-corrected chi connectivity index (χ3v) is 7.03. The molecule has 0 aliphatic carbocycles. The number of nitrogens with two attached hydrogens (primary N) is 1. The van der Waals surface area contributed by atoms with Gasteiger partial charge in [-0.05, 0) is 73.9 Å². The predicted octanol–water partition coefficient (Wildman–Crippen LogP) is 2.09. The summed E-state index contributed by atoms with van der Waals surface area (Å²) in [5.41, 5.74) is 8.47. The van der Waals surface area contributed by atoms with Gasteiger partial charge in [-0.1, -0.05) is 13.0 Å². The summed E-state index contributed by atoms with van der Waals surface area (Å²) in [4.78, 5) is 31.9. The van der Waals surface area contributed by atoms with Crippen molar-refractivity contribution in [3.8, 4) is 5.75 Å². The van der Waals surface area contributed by atoms with Gasteiger partial charge in [-0.3, -0.25) is 14.6 Å². The van der Waals surface area contributed by atoms with Gasteiger partial charge in [0.25, 0.3) is 0 Å². The number of hydrogen-bond donors (Lipinski definition) is 4. The first-order valence-electron chi connectivity index (χ1n) is 13.8. The molecule has 10 heteroatoms. The first kappa shape index (κ1) is 30.5. The fourth-order valence-electron chi connectivity index (χ4n) is 4.73. The van der Waals surface area contributed by atoms with Gasteiger partial charge in [0, 0.05) is 45.0 Å². The molecule has 0 saturated heterocycles. The summed E-state index contributed by atoms with van der Waals surface area (Å²) >= 11 is 0. The second kappa shape index (κ2) is 15.5. The van der Waals surface area contributed by atoms with Crippen LogP contribution in [0.4, 0.5) is 4.39 Å². The third kappa shape index (κ3) is 9.56. The number of benzene rings is 1. The first-order chi connectivity index (χ1) is 18.8. The molecule has 0 spiro atoms. The summed E-state index contributed by atoms with van der Waals surface area (Å²) in [5, 5.41) is 17.3. The number of halogens is 1. The SMILES string of the molecule is CCc1cncc(CNC[C@@H](O)[C@@H]2Cc3cc(F)cc(c3)OCCCCCC(=O)N(C)C(CCN)C(=O)N2)c1. The van der Waals surface area contributed by atoms with Crippen molar-refractivity contribution in [2.45, 2.75) is 76.6 Å². The normalized spacial score (nSPS) is 20.3. The molecule has 9 nitrogen and oxygen atoms in total. The number of aromatic nitrogens is 1. The van der Waals surface area contributed by atoms with E-state index in [2.05, 4.69) is 28.6 Å². The van der Waals surface area contributed by atoms with Crippen LogP contribution in [-0.4, -0.2) is 71.7 Å². The Morgan fingerprint density at radius 3 is 2.77 bits per heavy atom. The van der Waals surface area contributed by atoms with E-state index in [9.17, 15) is 19.1 Å². The monoisotopic (exact) mass is 543 g/mol. The molecule has 214 valence electrons. The lowest BCUT2D eigenvalue weighted by Crippen LogP contribution is -2.55. The second-order valence-electron chi connectivity index (χ2n) is 10.1. The highest BCUT2D eigenvalue weighted by atomic mass is 19.1. The zero-order valence-electron chi connectivity index (χ0n) is 23.0. The number of amides is 2. The fourth-order valence-corrected chi connectivity index (χ4v) is 4.73. The molecular formula is C29H42FN5O4. The zero-order chi connectivity index (χ0) is 28.2. The number of aliphatic hydroxyl groups is 1. The van der Waals surface area contributed by atoms with Crippen LogP contribution in [0.5, 0.6) is 5.75 Å². The molecule has 1 aromatic carbocycles. The van der Waals surface area contributed by atoms with Gasteiger partial charge in [0.1, 0.15) is 17.6 Å². The van der Waals surface area contributed by atoms with Gasteiger partial charge in [-0.2, -0.15) is 0 Å². The first-order valence-corrected chi connectivity index (χ1v) is 13.8. The summed E-state index contributed by atoms with van der Waals surface area (Å²) in [6.07, 6.45) is 6.38. The maximum Gasteiger partial charge on any atom is 0.243 e. The molecule has 2 amide bonds. The largest absolute Gasteiger partial charge is 0.493 e. The Labute approximate surface area is 230 Å². The fraction of sp³-hybridized carbons (Fsp3) is 0.552. The maximum atomic E-state index is 14.4. The highest BCUT2D eigenvalue weighted by molar-refractivity contribution is 5.87. The van der Waals surface area contributed by atoms with Crippen molar-refractivity contribution in [1.29, 1.82) is 0 Å². The van der Waals surface area contributed by atoms with E-state index in [-0.39, 0.29) is 31.8 Å². The Kier molecular flexibility index (Phi) is 12.1. The highest BCUT2D eigenvalue weighted by Crippen LogP contribution is 2.20. The van der Waals surface area contributed by atoms with Gasteiger partial charge in [0.05, 0.1) is 18.8 Å². The van der Waals surface area contributed by atoms with Gasteiger partial charge >= 0.3 is 0 Å². The number of hydrogen-bond acceptors (Lipinski definition) is 7. The Hall–Kier alpha value is -3.08. The third-order valence-electron chi connectivity index (χ3n) is 7.03. The molecule has 2 aromatic rings. The van der Waals surface area contributed by atoms with Gasteiger partial charge in [-0.25, -0.2) is 4.39 Å². The topological polar surface area (TPSA) is 130 Å². The van der Waals surface area contributed by atoms with Crippen LogP contribution in [0.1, 0.15) is 55.7 Å². The molecule has 3 rings (SSSR count). The van der Waals surface area contributed by atoms with Gasteiger partial charge < -0.3 is 31.1 Å². The minimum Gasteiger partial charge on any atom is -0.493 e.